The van der Waals surface area contributed by atoms with Gasteiger partial charge in [0.05, 0.1) is 8.66 Å². The van der Waals surface area contributed by atoms with Gasteiger partial charge in [0.15, 0.2) is 0 Å². The zero-order chi connectivity index (χ0) is 10.7. The number of halogens is 1. The maximum Gasteiger partial charge on any atom is 0.261 e. The van der Waals surface area contributed by atoms with Crippen molar-refractivity contribution in [3.05, 3.63) is 20.3 Å². The molecule has 0 saturated carbocycles. The van der Waals surface area contributed by atoms with E-state index in [4.69, 9.17) is 0 Å². The summed E-state index contributed by atoms with van der Waals surface area (Å²) in [5.74, 6) is 0.515. The van der Waals surface area contributed by atoms with Gasteiger partial charge in [-0.3, -0.25) is 4.79 Å². The Kier molecular flexibility index (Phi) is 4.13. The molecule has 0 aliphatic heterocycles. The third kappa shape index (κ3) is 3.10. The Morgan fingerprint density at radius 3 is 2.71 bits per heavy atom. The predicted molar refractivity (Wildman–Crippen MR) is 63.9 cm³/mol. The number of thiophene rings is 1. The summed E-state index contributed by atoms with van der Waals surface area (Å²) in [4.78, 5) is 12.4. The van der Waals surface area contributed by atoms with Gasteiger partial charge in [-0.25, -0.2) is 0 Å². The number of carbonyl (C=O) groups is 1. The molecule has 2 nitrogen and oxygen atoms in total. The molecule has 0 spiro atoms. The van der Waals surface area contributed by atoms with E-state index >= 15 is 0 Å². The molecule has 0 aliphatic rings. The molecule has 1 amide bonds. The van der Waals surface area contributed by atoms with Crippen molar-refractivity contribution >= 4 is 33.2 Å². The molecule has 4 heteroatoms. The van der Waals surface area contributed by atoms with Crippen LogP contribution in [0.5, 0.6) is 0 Å². The molecule has 14 heavy (non-hydrogen) atoms. The topological polar surface area (TPSA) is 29.1 Å². The summed E-state index contributed by atoms with van der Waals surface area (Å²) in [5.41, 5.74) is 1.12. The van der Waals surface area contributed by atoms with Crippen molar-refractivity contribution in [2.24, 2.45) is 5.92 Å². The van der Waals surface area contributed by atoms with Crippen LogP contribution < -0.4 is 5.32 Å². The Hall–Kier alpha value is -0.350. The molecule has 1 aromatic heterocycles. The molecule has 0 aliphatic carbocycles. The Balaban J connectivity index is 2.61. The van der Waals surface area contributed by atoms with E-state index in [0.717, 1.165) is 20.8 Å². The number of carbonyl (C=O) groups excluding carboxylic acids is 1. The lowest BCUT2D eigenvalue weighted by atomic mass is 10.2. The van der Waals surface area contributed by atoms with Crippen molar-refractivity contribution in [2.45, 2.75) is 20.8 Å². The second kappa shape index (κ2) is 4.94. The van der Waals surface area contributed by atoms with Gasteiger partial charge in [0, 0.05) is 6.54 Å². The number of nitrogens with one attached hydrogen (secondary N) is 1. The maximum absolute atomic E-state index is 11.6. The first-order valence-electron chi connectivity index (χ1n) is 4.55. The van der Waals surface area contributed by atoms with Gasteiger partial charge in [-0.2, -0.15) is 0 Å². The average molecular weight is 276 g/mol. The molecule has 0 bridgehead atoms. The summed E-state index contributed by atoms with van der Waals surface area (Å²) in [7, 11) is 0. The Bertz CT molecular complexity index is 313. The van der Waals surface area contributed by atoms with E-state index in [-0.39, 0.29) is 5.91 Å². The zero-order valence-electron chi connectivity index (χ0n) is 8.56. The summed E-state index contributed by atoms with van der Waals surface area (Å²) in [6.45, 7) is 6.87. The lowest BCUT2D eigenvalue weighted by Crippen LogP contribution is -2.26. The quantitative estimate of drug-likeness (QED) is 0.902. The highest BCUT2D eigenvalue weighted by molar-refractivity contribution is 9.11. The minimum atomic E-state index is 0.0255. The van der Waals surface area contributed by atoms with E-state index in [1.54, 1.807) is 0 Å². The van der Waals surface area contributed by atoms with Gasteiger partial charge in [0.1, 0.15) is 0 Å². The summed E-state index contributed by atoms with van der Waals surface area (Å²) in [6.07, 6.45) is 0. The highest BCUT2D eigenvalue weighted by Gasteiger charge is 2.10. The van der Waals surface area contributed by atoms with Gasteiger partial charge in [-0.15, -0.1) is 11.3 Å². The van der Waals surface area contributed by atoms with Crippen LogP contribution in [0.15, 0.2) is 9.85 Å². The minimum absolute atomic E-state index is 0.0255. The van der Waals surface area contributed by atoms with Crippen molar-refractivity contribution in [1.29, 1.82) is 0 Å². The molecule has 1 heterocycles. The fourth-order valence-electron chi connectivity index (χ4n) is 0.956. The molecule has 1 rings (SSSR count). The molecule has 78 valence electrons. The van der Waals surface area contributed by atoms with Crippen LogP contribution in [0.2, 0.25) is 0 Å². The first-order chi connectivity index (χ1) is 6.50. The summed E-state index contributed by atoms with van der Waals surface area (Å²) in [5, 5.41) is 2.89. The number of rotatable bonds is 3. The maximum atomic E-state index is 11.6. The monoisotopic (exact) mass is 275 g/mol. The molecule has 0 aromatic carbocycles. The largest absolute Gasteiger partial charge is 0.351 e. The number of amides is 1. The molecule has 0 fully saturated rings. The van der Waals surface area contributed by atoms with Crippen LogP contribution in [-0.4, -0.2) is 12.5 Å². The van der Waals surface area contributed by atoms with E-state index in [0.29, 0.717) is 5.92 Å². The Labute approximate surface area is 96.8 Å². The van der Waals surface area contributed by atoms with Gasteiger partial charge in [-0.05, 0) is 40.4 Å². The summed E-state index contributed by atoms with van der Waals surface area (Å²) < 4.78 is 1.03. The van der Waals surface area contributed by atoms with Crippen LogP contribution in [0.3, 0.4) is 0 Å². The van der Waals surface area contributed by atoms with E-state index in [9.17, 15) is 4.79 Å². The average Bonchev–Trinajstić information content (AvgIpc) is 2.43. The summed E-state index contributed by atoms with van der Waals surface area (Å²) >= 11 is 4.88. The molecule has 0 radical (unpaired) electrons. The molecule has 0 atom stereocenters. The van der Waals surface area contributed by atoms with E-state index in [1.165, 1.54) is 11.3 Å². The van der Waals surface area contributed by atoms with Crippen LogP contribution in [-0.2, 0) is 0 Å². The predicted octanol–water partition coefficient (Wildman–Crippen LogP) is 3.20. The van der Waals surface area contributed by atoms with Crippen LogP contribution >= 0.6 is 27.3 Å². The standard InChI is InChI=1S/C10H14BrNOS/c1-6(2)5-12-10(13)8-4-7(3)9(11)14-8/h4,6H,5H2,1-3H3,(H,12,13). The van der Waals surface area contributed by atoms with Crippen molar-refractivity contribution in [1.82, 2.24) is 5.32 Å². The fourth-order valence-corrected chi connectivity index (χ4v) is 2.41. The van der Waals surface area contributed by atoms with Gasteiger partial charge in [0.25, 0.3) is 5.91 Å². The molecule has 0 unspecified atom stereocenters. The van der Waals surface area contributed by atoms with Crippen molar-refractivity contribution < 1.29 is 4.79 Å². The minimum Gasteiger partial charge on any atom is -0.351 e. The first-order valence-corrected chi connectivity index (χ1v) is 6.15. The highest BCUT2D eigenvalue weighted by atomic mass is 79.9. The number of hydrogen-bond donors (Lipinski definition) is 1. The Morgan fingerprint density at radius 2 is 2.29 bits per heavy atom. The zero-order valence-corrected chi connectivity index (χ0v) is 11.0. The lowest BCUT2D eigenvalue weighted by molar-refractivity contribution is 0.0953. The van der Waals surface area contributed by atoms with Crippen molar-refractivity contribution in [2.75, 3.05) is 6.54 Å². The second-order valence-electron chi connectivity index (χ2n) is 3.67. The molecular formula is C10H14BrNOS. The van der Waals surface area contributed by atoms with Gasteiger partial charge >= 0.3 is 0 Å². The second-order valence-corrected chi connectivity index (χ2v) is 6.04. The molecule has 1 aromatic rings. The number of hydrogen-bond acceptors (Lipinski definition) is 2. The van der Waals surface area contributed by atoms with Crippen LogP contribution in [0.1, 0.15) is 29.1 Å². The fraction of sp³-hybridized carbons (Fsp3) is 0.500. The Morgan fingerprint density at radius 1 is 1.64 bits per heavy atom. The lowest BCUT2D eigenvalue weighted by Gasteiger charge is -2.05. The third-order valence-corrected chi connectivity index (χ3v) is 3.89. The van der Waals surface area contributed by atoms with Crippen LogP contribution in [0.4, 0.5) is 0 Å². The van der Waals surface area contributed by atoms with Crippen LogP contribution in [0, 0.1) is 12.8 Å². The van der Waals surface area contributed by atoms with Gasteiger partial charge in [0.2, 0.25) is 0 Å². The first kappa shape index (κ1) is 11.7. The molecule has 1 N–H and O–H groups in total. The smallest absolute Gasteiger partial charge is 0.261 e. The summed E-state index contributed by atoms with van der Waals surface area (Å²) in [6, 6.07) is 1.91. The molecular weight excluding hydrogens is 262 g/mol. The normalized spacial score (nSPS) is 10.6. The third-order valence-electron chi connectivity index (χ3n) is 1.75. The van der Waals surface area contributed by atoms with E-state index in [2.05, 4.69) is 35.1 Å². The van der Waals surface area contributed by atoms with E-state index < -0.39 is 0 Å². The SMILES string of the molecule is Cc1cc(C(=O)NCC(C)C)sc1Br. The van der Waals surface area contributed by atoms with E-state index in [1.807, 2.05) is 13.0 Å². The van der Waals surface area contributed by atoms with Crippen molar-refractivity contribution in [3.63, 3.8) is 0 Å². The molecule has 0 saturated heterocycles. The van der Waals surface area contributed by atoms with Crippen LogP contribution in [0.25, 0.3) is 0 Å². The number of aryl methyl sites for hydroxylation is 1. The van der Waals surface area contributed by atoms with Gasteiger partial charge < -0.3 is 5.32 Å². The highest BCUT2D eigenvalue weighted by Crippen LogP contribution is 2.27. The van der Waals surface area contributed by atoms with Gasteiger partial charge in [-0.1, -0.05) is 13.8 Å². The van der Waals surface area contributed by atoms with Crippen molar-refractivity contribution in [3.8, 4) is 0 Å².